The Bertz CT molecular complexity index is 774. The van der Waals surface area contributed by atoms with Crippen molar-refractivity contribution in [1.29, 1.82) is 0 Å². The number of nitrogens with one attached hydrogen (secondary N) is 1. The summed E-state index contributed by atoms with van der Waals surface area (Å²) < 4.78 is 2.26. The predicted molar refractivity (Wildman–Crippen MR) is 93.7 cm³/mol. The Kier molecular flexibility index (Phi) is 4.24. The number of aryl methyl sites for hydroxylation is 2. The molecule has 1 N–H and O–H groups in total. The third-order valence-corrected chi connectivity index (χ3v) is 6.18. The van der Waals surface area contributed by atoms with Gasteiger partial charge in [0.25, 0.3) is 0 Å². The first kappa shape index (κ1) is 15.0. The van der Waals surface area contributed by atoms with Crippen LogP contribution in [0.4, 0.5) is 0 Å². The number of thiazole rings is 1. The standard InChI is InChI=1S/C16H19N5S2/c1-11-19-20-15-5-4-12(9-21(11)15)7-17-8-13-10-23-16(18-13)14-3-2-6-22-14/h2-3,6,10,12,17H,4-5,7-9H2,1H3/t12-/m1/s1. The molecular weight excluding hydrogens is 326 g/mol. The molecule has 4 rings (SSSR count). The van der Waals surface area contributed by atoms with Crippen LogP contribution in [0.2, 0.25) is 0 Å². The van der Waals surface area contributed by atoms with Gasteiger partial charge in [-0.05, 0) is 30.7 Å². The van der Waals surface area contributed by atoms with Crippen molar-refractivity contribution in [2.24, 2.45) is 5.92 Å². The van der Waals surface area contributed by atoms with Gasteiger partial charge in [0.2, 0.25) is 0 Å². The van der Waals surface area contributed by atoms with Crippen LogP contribution in [0.25, 0.3) is 9.88 Å². The maximum atomic E-state index is 4.72. The first-order chi connectivity index (χ1) is 11.3. The summed E-state index contributed by atoms with van der Waals surface area (Å²) in [6, 6.07) is 4.20. The summed E-state index contributed by atoms with van der Waals surface area (Å²) >= 11 is 3.47. The van der Waals surface area contributed by atoms with Gasteiger partial charge in [-0.2, -0.15) is 0 Å². The summed E-state index contributed by atoms with van der Waals surface area (Å²) in [7, 11) is 0. The summed E-state index contributed by atoms with van der Waals surface area (Å²) in [5.74, 6) is 2.82. The minimum Gasteiger partial charge on any atom is -0.315 e. The van der Waals surface area contributed by atoms with E-state index >= 15 is 0 Å². The number of hydrogen-bond donors (Lipinski definition) is 1. The second kappa shape index (κ2) is 6.51. The van der Waals surface area contributed by atoms with E-state index < -0.39 is 0 Å². The quantitative estimate of drug-likeness (QED) is 0.772. The average Bonchev–Trinajstić information content (AvgIpc) is 3.29. The average molecular weight is 345 g/mol. The molecular formula is C16H19N5S2. The monoisotopic (exact) mass is 345 g/mol. The highest BCUT2D eigenvalue weighted by Gasteiger charge is 2.21. The van der Waals surface area contributed by atoms with Gasteiger partial charge in [-0.15, -0.1) is 32.9 Å². The molecule has 4 heterocycles. The van der Waals surface area contributed by atoms with Crippen molar-refractivity contribution in [1.82, 2.24) is 25.1 Å². The van der Waals surface area contributed by atoms with Gasteiger partial charge in [-0.3, -0.25) is 0 Å². The highest BCUT2D eigenvalue weighted by atomic mass is 32.1. The van der Waals surface area contributed by atoms with E-state index in [0.717, 1.165) is 48.4 Å². The molecule has 0 aromatic carbocycles. The van der Waals surface area contributed by atoms with E-state index in [1.54, 1.807) is 22.7 Å². The maximum absolute atomic E-state index is 4.72. The van der Waals surface area contributed by atoms with Crippen LogP contribution in [-0.2, 0) is 19.5 Å². The maximum Gasteiger partial charge on any atom is 0.133 e. The molecule has 3 aromatic heterocycles. The van der Waals surface area contributed by atoms with Crippen LogP contribution in [0.1, 0.15) is 23.8 Å². The molecule has 3 aromatic rings. The van der Waals surface area contributed by atoms with Gasteiger partial charge in [-0.1, -0.05) is 6.07 Å². The van der Waals surface area contributed by atoms with Crippen molar-refractivity contribution >= 4 is 22.7 Å². The van der Waals surface area contributed by atoms with Crippen LogP contribution in [-0.4, -0.2) is 26.3 Å². The minimum absolute atomic E-state index is 0.646. The Morgan fingerprint density at radius 3 is 3.17 bits per heavy atom. The van der Waals surface area contributed by atoms with Crippen LogP contribution in [0, 0.1) is 12.8 Å². The molecule has 0 bridgehead atoms. The summed E-state index contributed by atoms with van der Waals surface area (Å²) in [6.45, 7) is 4.92. The van der Waals surface area contributed by atoms with Crippen LogP contribution in [0.15, 0.2) is 22.9 Å². The van der Waals surface area contributed by atoms with Crippen LogP contribution < -0.4 is 5.32 Å². The summed E-state index contributed by atoms with van der Waals surface area (Å²) in [6.07, 6.45) is 2.22. The lowest BCUT2D eigenvalue weighted by molar-refractivity contribution is 0.344. The molecule has 0 spiro atoms. The Hall–Kier alpha value is -1.57. The van der Waals surface area contributed by atoms with E-state index in [2.05, 4.69) is 43.0 Å². The van der Waals surface area contributed by atoms with Gasteiger partial charge >= 0.3 is 0 Å². The SMILES string of the molecule is Cc1nnc2n1C[C@@H](CNCc1csc(-c3cccs3)n1)CC2. The van der Waals surface area contributed by atoms with Gasteiger partial charge in [-0.25, -0.2) is 4.98 Å². The Morgan fingerprint density at radius 2 is 2.30 bits per heavy atom. The zero-order valence-corrected chi connectivity index (χ0v) is 14.7. The number of fused-ring (bicyclic) bond motifs is 1. The van der Waals surface area contributed by atoms with E-state index in [1.807, 2.05) is 6.92 Å². The second-order valence-corrected chi connectivity index (χ2v) is 7.74. The topological polar surface area (TPSA) is 55.6 Å². The predicted octanol–water partition coefficient (Wildman–Crippen LogP) is 3.12. The van der Waals surface area contributed by atoms with E-state index in [9.17, 15) is 0 Å². The van der Waals surface area contributed by atoms with Crippen LogP contribution >= 0.6 is 22.7 Å². The van der Waals surface area contributed by atoms with E-state index in [0.29, 0.717) is 5.92 Å². The summed E-state index contributed by atoms with van der Waals surface area (Å²) in [4.78, 5) is 5.97. The van der Waals surface area contributed by atoms with Crippen LogP contribution in [0.5, 0.6) is 0 Å². The zero-order valence-electron chi connectivity index (χ0n) is 13.0. The summed E-state index contributed by atoms with van der Waals surface area (Å²) in [5, 5.41) is 17.3. The van der Waals surface area contributed by atoms with Crippen molar-refractivity contribution in [2.45, 2.75) is 32.9 Å². The largest absolute Gasteiger partial charge is 0.315 e. The highest BCUT2D eigenvalue weighted by Crippen LogP contribution is 2.27. The van der Waals surface area contributed by atoms with Crippen LogP contribution in [0.3, 0.4) is 0 Å². The molecule has 0 unspecified atom stereocenters. The Morgan fingerprint density at radius 1 is 1.35 bits per heavy atom. The molecule has 0 aliphatic carbocycles. The van der Waals surface area contributed by atoms with Gasteiger partial charge in [0, 0.05) is 31.4 Å². The fraction of sp³-hybridized carbons (Fsp3) is 0.438. The smallest absolute Gasteiger partial charge is 0.133 e. The Balaban J connectivity index is 1.30. The minimum atomic E-state index is 0.646. The summed E-state index contributed by atoms with van der Waals surface area (Å²) in [5.41, 5.74) is 1.13. The van der Waals surface area contributed by atoms with Crippen molar-refractivity contribution < 1.29 is 0 Å². The van der Waals surface area contributed by atoms with Crippen molar-refractivity contribution in [2.75, 3.05) is 6.54 Å². The van der Waals surface area contributed by atoms with Gasteiger partial charge < -0.3 is 9.88 Å². The lowest BCUT2D eigenvalue weighted by atomic mass is 9.99. The Labute approximate surface area is 143 Å². The van der Waals surface area contributed by atoms with Gasteiger partial charge in [0.1, 0.15) is 16.7 Å². The molecule has 1 atom stereocenters. The third-order valence-electron chi connectivity index (χ3n) is 4.25. The molecule has 0 fully saturated rings. The normalized spacial score (nSPS) is 17.3. The molecule has 1 aliphatic heterocycles. The van der Waals surface area contributed by atoms with E-state index in [1.165, 1.54) is 11.3 Å². The number of rotatable bonds is 5. The van der Waals surface area contributed by atoms with Crippen molar-refractivity contribution in [3.63, 3.8) is 0 Å². The molecule has 0 saturated carbocycles. The third kappa shape index (κ3) is 3.22. The second-order valence-electron chi connectivity index (χ2n) is 5.93. The van der Waals surface area contributed by atoms with Crippen molar-refractivity contribution in [3.8, 4) is 9.88 Å². The van der Waals surface area contributed by atoms with Gasteiger partial charge in [0.15, 0.2) is 0 Å². The number of nitrogens with zero attached hydrogens (tertiary/aromatic N) is 4. The first-order valence-electron chi connectivity index (χ1n) is 7.87. The fourth-order valence-electron chi connectivity index (χ4n) is 3.00. The highest BCUT2D eigenvalue weighted by molar-refractivity contribution is 7.20. The number of aromatic nitrogens is 4. The molecule has 5 nitrogen and oxygen atoms in total. The van der Waals surface area contributed by atoms with E-state index in [4.69, 9.17) is 4.98 Å². The molecule has 0 radical (unpaired) electrons. The fourth-order valence-corrected chi connectivity index (χ4v) is 4.64. The first-order valence-corrected chi connectivity index (χ1v) is 9.63. The lowest BCUT2D eigenvalue weighted by Crippen LogP contribution is -2.30. The molecule has 0 saturated heterocycles. The molecule has 7 heteroatoms. The lowest BCUT2D eigenvalue weighted by Gasteiger charge is -2.24. The molecule has 0 amide bonds. The molecule has 23 heavy (non-hydrogen) atoms. The number of hydrogen-bond acceptors (Lipinski definition) is 6. The molecule has 120 valence electrons. The number of thiophene rings is 1. The van der Waals surface area contributed by atoms with E-state index in [-0.39, 0.29) is 0 Å². The molecule has 1 aliphatic rings. The van der Waals surface area contributed by atoms with Crippen molar-refractivity contribution in [3.05, 3.63) is 40.2 Å². The van der Waals surface area contributed by atoms with Gasteiger partial charge in [0.05, 0.1) is 10.6 Å². The zero-order chi connectivity index (χ0) is 15.6.